The van der Waals surface area contributed by atoms with Crippen LogP contribution in [0.25, 0.3) is 0 Å². The van der Waals surface area contributed by atoms with Crippen LogP contribution in [0.3, 0.4) is 0 Å². The molecule has 0 bridgehead atoms. The van der Waals surface area contributed by atoms with Gasteiger partial charge in [0.15, 0.2) is 6.61 Å². The molecular formula is C18H34F2O5S. The molecule has 0 atom stereocenters. The average molecular weight is 401 g/mol. The zero-order valence-electron chi connectivity index (χ0n) is 15.9. The zero-order valence-corrected chi connectivity index (χ0v) is 16.7. The molecule has 0 aromatic rings. The number of alkyl halides is 2. The van der Waals surface area contributed by atoms with E-state index < -0.39 is 27.9 Å². The van der Waals surface area contributed by atoms with Gasteiger partial charge in [-0.1, -0.05) is 84.0 Å². The maximum absolute atomic E-state index is 12.9. The number of halogens is 2. The van der Waals surface area contributed by atoms with Crippen molar-refractivity contribution in [3.63, 3.8) is 0 Å². The molecule has 1 N–H and O–H groups in total. The van der Waals surface area contributed by atoms with Crippen LogP contribution < -0.4 is 0 Å². The molecule has 0 aromatic heterocycles. The van der Waals surface area contributed by atoms with Crippen LogP contribution in [0.5, 0.6) is 0 Å². The summed E-state index contributed by atoms with van der Waals surface area (Å²) >= 11 is 0. The van der Waals surface area contributed by atoms with Crippen molar-refractivity contribution in [1.29, 1.82) is 0 Å². The van der Waals surface area contributed by atoms with E-state index in [0.717, 1.165) is 19.3 Å². The maximum Gasteiger partial charge on any atom is 0.402 e. The minimum absolute atomic E-state index is 0.0285. The predicted molar refractivity (Wildman–Crippen MR) is 97.8 cm³/mol. The number of ether oxygens (including phenoxy) is 1. The van der Waals surface area contributed by atoms with E-state index in [1.165, 1.54) is 57.8 Å². The van der Waals surface area contributed by atoms with Crippen molar-refractivity contribution in [1.82, 2.24) is 0 Å². The first-order valence-electron chi connectivity index (χ1n) is 9.71. The molecule has 0 radical (unpaired) electrons. The van der Waals surface area contributed by atoms with E-state index in [0.29, 0.717) is 6.42 Å². The van der Waals surface area contributed by atoms with Crippen LogP contribution in [0.4, 0.5) is 8.78 Å². The number of hydrogen-bond acceptors (Lipinski definition) is 4. The lowest BCUT2D eigenvalue weighted by molar-refractivity contribution is -0.149. The maximum atomic E-state index is 12.9. The molecule has 0 aliphatic carbocycles. The number of hydrogen-bond donors (Lipinski definition) is 1. The summed E-state index contributed by atoms with van der Waals surface area (Å²) in [5.74, 6) is -0.878. The highest BCUT2D eigenvalue weighted by atomic mass is 32.2. The number of rotatable bonds is 17. The Morgan fingerprint density at radius 3 is 1.62 bits per heavy atom. The van der Waals surface area contributed by atoms with Gasteiger partial charge in [-0.25, -0.2) is 0 Å². The Bertz CT molecular complexity index is 466. The Morgan fingerprint density at radius 2 is 1.23 bits per heavy atom. The molecule has 0 amide bonds. The number of esters is 1. The fraction of sp³-hybridized carbons (Fsp3) is 0.944. The van der Waals surface area contributed by atoms with E-state index in [1.54, 1.807) is 0 Å². The molecule has 5 nitrogen and oxygen atoms in total. The van der Waals surface area contributed by atoms with Gasteiger partial charge in [-0.05, 0) is 6.42 Å². The van der Waals surface area contributed by atoms with Gasteiger partial charge in [-0.15, -0.1) is 0 Å². The van der Waals surface area contributed by atoms with Gasteiger partial charge < -0.3 is 4.74 Å². The van der Waals surface area contributed by atoms with E-state index in [4.69, 9.17) is 4.55 Å². The van der Waals surface area contributed by atoms with Gasteiger partial charge in [0.2, 0.25) is 0 Å². The second-order valence-corrected chi connectivity index (χ2v) is 8.31. The highest BCUT2D eigenvalue weighted by Gasteiger charge is 2.45. The Labute approximate surface area is 156 Å². The molecule has 156 valence electrons. The van der Waals surface area contributed by atoms with Crippen LogP contribution in [0.1, 0.15) is 96.8 Å². The van der Waals surface area contributed by atoms with Gasteiger partial charge in [0, 0.05) is 6.42 Å². The molecule has 0 saturated heterocycles. The van der Waals surface area contributed by atoms with Crippen molar-refractivity contribution in [2.45, 2.75) is 102 Å². The molecule has 0 spiro atoms. The fourth-order valence-corrected chi connectivity index (χ4v) is 2.81. The molecule has 26 heavy (non-hydrogen) atoms. The second kappa shape index (κ2) is 14.3. The van der Waals surface area contributed by atoms with Crippen molar-refractivity contribution in [2.24, 2.45) is 0 Å². The van der Waals surface area contributed by atoms with Crippen molar-refractivity contribution < 1.29 is 31.3 Å². The predicted octanol–water partition coefficient (Wildman–Crippen LogP) is 5.49. The summed E-state index contributed by atoms with van der Waals surface area (Å²) in [6.07, 6.45) is 14.9. The standard InChI is InChI=1S/C18H34F2O5S/c1-2-3-4-5-6-7-8-9-10-11-12-13-14-15-17(21)25-16-18(19,20)26(22,23)24/h2-16H2,1H3,(H,22,23,24). The Morgan fingerprint density at radius 1 is 0.846 bits per heavy atom. The lowest BCUT2D eigenvalue weighted by Gasteiger charge is -2.12. The first-order valence-corrected chi connectivity index (χ1v) is 11.1. The molecule has 0 saturated carbocycles. The number of carbonyl (C=O) groups excluding carboxylic acids is 1. The van der Waals surface area contributed by atoms with Crippen LogP contribution in [0.15, 0.2) is 0 Å². The largest absolute Gasteiger partial charge is 0.458 e. The number of carbonyl (C=O) groups is 1. The smallest absolute Gasteiger partial charge is 0.402 e. The molecule has 8 heteroatoms. The average Bonchev–Trinajstić information content (AvgIpc) is 2.56. The van der Waals surface area contributed by atoms with Crippen molar-refractivity contribution >= 4 is 16.1 Å². The first kappa shape index (κ1) is 25.2. The third-order valence-electron chi connectivity index (χ3n) is 4.26. The van der Waals surface area contributed by atoms with Crippen LogP contribution in [0, 0.1) is 0 Å². The van der Waals surface area contributed by atoms with E-state index in [2.05, 4.69) is 11.7 Å². The van der Waals surface area contributed by atoms with Gasteiger partial charge in [0.25, 0.3) is 0 Å². The molecular weight excluding hydrogens is 366 g/mol. The van der Waals surface area contributed by atoms with Gasteiger partial charge in [0.05, 0.1) is 0 Å². The van der Waals surface area contributed by atoms with Crippen LogP contribution in [-0.2, 0) is 19.6 Å². The van der Waals surface area contributed by atoms with E-state index in [-0.39, 0.29) is 6.42 Å². The topological polar surface area (TPSA) is 80.7 Å². The third-order valence-corrected chi connectivity index (χ3v) is 5.14. The minimum atomic E-state index is -5.56. The normalized spacial score (nSPS) is 12.3. The van der Waals surface area contributed by atoms with E-state index in [9.17, 15) is 22.0 Å². The number of unbranched alkanes of at least 4 members (excludes halogenated alkanes) is 12. The molecule has 0 aromatic carbocycles. The van der Waals surface area contributed by atoms with Gasteiger partial charge >= 0.3 is 21.3 Å². The third kappa shape index (κ3) is 13.4. The van der Waals surface area contributed by atoms with E-state index >= 15 is 0 Å². The molecule has 0 aliphatic heterocycles. The fourth-order valence-electron chi connectivity index (χ4n) is 2.60. The summed E-state index contributed by atoms with van der Waals surface area (Å²) < 4.78 is 59.0. The molecule has 0 rings (SSSR count). The molecule has 0 unspecified atom stereocenters. The lowest BCUT2D eigenvalue weighted by Crippen LogP contribution is -2.34. The second-order valence-electron chi connectivity index (χ2n) is 6.77. The summed E-state index contributed by atoms with van der Waals surface area (Å²) in [4.78, 5) is 11.3. The Balaban J connectivity index is 3.44. The summed E-state index contributed by atoms with van der Waals surface area (Å²) in [5.41, 5.74) is 0. The lowest BCUT2D eigenvalue weighted by atomic mass is 10.0. The highest BCUT2D eigenvalue weighted by Crippen LogP contribution is 2.21. The highest BCUT2D eigenvalue weighted by molar-refractivity contribution is 7.86. The van der Waals surface area contributed by atoms with E-state index in [1.807, 2.05) is 0 Å². The molecule has 0 heterocycles. The van der Waals surface area contributed by atoms with Crippen molar-refractivity contribution in [3.8, 4) is 0 Å². The van der Waals surface area contributed by atoms with Crippen molar-refractivity contribution in [3.05, 3.63) is 0 Å². The van der Waals surface area contributed by atoms with Crippen LogP contribution in [0.2, 0.25) is 0 Å². The van der Waals surface area contributed by atoms with Gasteiger partial charge in [-0.2, -0.15) is 17.2 Å². The zero-order chi connectivity index (χ0) is 19.9. The molecule has 0 aliphatic rings. The van der Waals surface area contributed by atoms with Gasteiger partial charge in [0.1, 0.15) is 0 Å². The SMILES string of the molecule is CCCCCCCCCCCCCCCC(=O)OCC(F)(F)S(=O)(=O)O. The monoisotopic (exact) mass is 400 g/mol. The van der Waals surface area contributed by atoms with Gasteiger partial charge in [-0.3, -0.25) is 9.35 Å². The van der Waals surface area contributed by atoms with Crippen LogP contribution >= 0.6 is 0 Å². The van der Waals surface area contributed by atoms with Crippen molar-refractivity contribution in [2.75, 3.05) is 6.61 Å². The summed E-state index contributed by atoms with van der Waals surface area (Å²) in [6, 6.07) is 0. The summed E-state index contributed by atoms with van der Waals surface area (Å²) in [5, 5.41) is -4.46. The summed E-state index contributed by atoms with van der Waals surface area (Å²) in [7, 11) is -5.56. The molecule has 0 fully saturated rings. The minimum Gasteiger partial charge on any atom is -0.458 e. The summed E-state index contributed by atoms with van der Waals surface area (Å²) in [6.45, 7) is 0.564. The van der Waals surface area contributed by atoms with Crippen LogP contribution in [-0.4, -0.2) is 30.8 Å². The quantitative estimate of drug-likeness (QED) is 0.198. The first-order chi connectivity index (χ1) is 12.2. The Hall–Kier alpha value is -0.760. The Kier molecular flexibility index (Phi) is 13.9.